The van der Waals surface area contributed by atoms with Gasteiger partial charge in [-0.25, -0.2) is 10.1 Å². The fraction of sp³-hybridized carbons (Fsp3) is 0.364. The molecule has 0 saturated carbocycles. The van der Waals surface area contributed by atoms with Gasteiger partial charge in [-0.3, -0.25) is 0 Å². The Morgan fingerprint density at radius 3 is 2.51 bits per heavy atom. The third kappa shape index (κ3) is 4.66. The van der Waals surface area contributed by atoms with Crippen LogP contribution in [0.5, 0.6) is 0 Å². The van der Waals surface area contributed by atoms with Gasteiger partial charge in [0.25, 0.3) is 10.2 Å². The standard InChI is InChI=1S/C22H22F3N5O3S2/c23-22(24,25)14-4-5-17(19(12-14)29-8-10-33-11-9-29)15-2-1-3-18-16(15)6-7-30(35(26,31)32)20(18)21-27-13-28-34-21/h1-5,12-13,20H,6-11H2,(H2,26,31,32). The van der Waals surface area contributed by atoms with Crippen LogP contribution in [0.2, 0.25) is 0 Å². The second kappa shape index (κ2) is 9.13. The minimum Gasteiger partial charge on any atom is -0.378 e. The highest BCUT2D eigenvalue weighted by Crippen LogP contribution is 2.44. The van der Waals surface area contributed by atoms with Crippen molar-refractivity contribution in [3.63, 3.8) is 0 Å². The summed E-state index contributed by atoms with van der Waals surface area (Å²) in [7, 11) is -4.04. The van der Waals surface area contributed by atoms with E-state index in [-0.39, 0.29) is 6.54 Å². The number of morpholine rings is 1. The van der Waals surface area contributed by atoms with Crippen molar-refractivity contribution in [1.29, 1.82) is 0 Å². The van der Waals surface area contributed by atoms with Crippen LogP contribution in [0.4, 0.5) is 18.9 Å². The maximum Gasteiger partial charge on any atom is 0.416 e. The zero-order valence-corrected chi connectivity index (χ0v) is 20.0. The van der Waals surface area contributed by atoms with Crippen LogP contribution in [0.1, 0.15) is 27.7 Å². The van der Waals surface area contributed by atoms with Crippen LogP contribution in [-0.2, 0) is 27.5 Å². The zero-order valence-electron chi connectivity index (χ0n) is 18.4. The molecular formula is C22H22F3N5O3S2. The van der Waals surface area contributed by atoms with E-state index in [9.17, 15) is 21.6 Å². The maximum atomic E-state index is 13.6. The van der Waals surface area contributed by atoms with Gasteiger partial charge in [-0.15, -0.1) is 0 Å². The molecular weight excluding hydrogens is 503 g/mol. The number of rotatable bonds is 4. The summed E-state index contributed by atoms with van der Waals surface area (Å²) in [6.07, 6.45) is -2.78. The van der Waals surface area contributed by atoms with Crippen LogP contribution in [0, 0.1) is 0 Å². The van der Waals surface area contributed by atoms with Crippen molar-refractivity contribution >= 4 is 27.4 Å². The van der Waals surface area contributed by atoms with Gasteiger partial charge in [-0.05, 0) is 46.8 Å². The minimum absolute atomic E-state index is 0.112. The largest absolute Gasteiger partial charge is 0.416 e. The maximum absolute atomic E-state index is 13.6. The first kappa shape index (κ1) is 24.1. The predicted molar refractivity (Wildman–Crippen MR) is 125 cm³/mol. The van der Waals surface area contributed by atoms with E-state index >= 15 is 0 Å². The lowest BCUT2D eigenvalue weighted by Gasteiger charge is -2.36. The monoisotopic (exact) mass is 525 g/mol. The molecule has 0 amide bonds. The first-order valence-corrected chi connectivity index (χ1v) is 13.1. The van der Waals surface area contributed by atoms with Crippen LogP contribution < -0.4 is 10.0 Å². The summed E-state index contributed by atoms with van der Waals surface area (Å²) in [6.45, 7) is 1.89. The molecule has 5 rings (SSSR count). The van der Waals surface area contributed by atoms with Gasteiger partial charge in [0.1, 0.15) is 17.4 Å². The minimum atomic E-state index is -4.48. The van der Waals surface area contributed by atoms with Crippen molar-refractivity contribution in [2.24, 2.45) is 5.14 Å². The van der Waals surface area contributed by atoms with Crippen molar-refractivity contribution in [2.45, 2.75) is 18.6 Å². The van der Waals surface area contributed by atoms with E-state index in [1.54, 1.807) is 12.1 Å². The number of aromatic nitrogens is 2. The van der Waals surface area contributed by atoms with Crippen molar-refractivity contribution < 1.29 is 26.3 Å². The Kier molecular flexibility index (Phi) is 6.30. The van der Waals surface area contributed by atoms with Crippen molar-refractivity contribution in [3.8, 4) is 11.1 Å². The number of halogens is 3. The molecule has 2 aromatic carbocycles. The number of nitrogens with two attached hydrogens (primary N) is 1. The third-order valence-electron chi connectivity index (χ3n) is 6.28. The summed E-state index contributed by atoms with van der Waals surface area (Å²) in [5, 5.41) is 5.99. The van der Waals surface area contributed by atoms with Gasteiger partial charge in [0.05, 0.1) is 18.8 Å². The first-order chi connectivity index (χ1) is 16.6. The van der Waals surface area contributed by atoms with E-state index in [0.717, 1.165) is 28.7 Å². The summed E-state index contributed by atoms with van der Waals surface area (Å²) in [6, 6.07) is 8.44. The molecule has 13 heteroatoms. The summed E-state index contributed by atoms with van der Waals surface area (Å²) in [4.78, 5) is 6.13. The lowest BCUT2D eigenvalue weighted by Crippen LogP contribution is -2.44. The van der Waals surface area contributed by atoms with Gasteiger partial charge in [-0.2, -0.15) is 30.3 Å². The van der Waals surface area contributed by atoms with Gasteiger partial charge in [0, 0.05) is 30.9 Å². The average Bonchev–Trinajstić information content (AvgIpc) is 3.36. The fourth-order valence-electron chi connectivity index (χ4n) is 4.73. The molecule has 35 heavy (non-hydrogen) atoms. The van der Waals surface area contributed by atoms with E-state index in [1.807, 2.05) is 11.0 Å². The van der Waals surface area contributed by atoms with E-state index in [2.05, 4.69) is 9.36 Å². The van der Waals surface area contributed by atoms with Crippen LogP contribution in [-0.4, -0.2) is 54.9 Å². The second-order valence-electron chi connectivity index (χ2n) is 8.29. The molecule has 0 spiro atoms. The first-order valence-electron chi connectivity index (χ1n) is 10.9. The van der Waals surface area contributed by atoms with Crippen molar-refractivity contribution in [1.82, 2.24) is 13.7 Å². The number of nitrogens with zero attached hydrogens (tertiary/aromatic N) is 4. The molecule has 2 N–H and O–H groups in total. The molecule has 1 unspecified atom stereocenters. The molecule has 3 heterocycles. The molecule has 2 aliphatic heterocycles. The highest BCUT2D eigenvalue weighted by atomic mass is 32.2. The highest BCUT2D eigenvalue weighted by molar-refractivity contribution is 7.86. The fourth-order valence-corrected chi connectivity index (χ4v) is 6.30. The second-order valence-corrected chi connectivity index (χ2v) is 10.6. The van der Waals surface area contributed by atoms with E-state index < -0.39 is 28.0 Å². The molecule has 3 aromatic rings. The molecule has 186 valence electrons. The smallest absolute Gasteiger partial charge is 0.378 e. The van der Waals surface area contributed by atoms with Gasteiger partial charge >= 0.3 is 6.18 Å². The normalized spacial score (nSPS) is 19.5. The number of fused-ring (bicyclic) bond motifs is 1. The van der Waals surface area contributed by atoms with Crippen LogP contribution >= 0.6 is 11.5 Å². The van der Waals surface area contributed by atoms with Crippen LogP contribution in [0.3, 0.4) is 0 Å². The third-order valence-corrected chi connectivity index (χ3v) is 8.05. The Hall–Kier alpha value is -2.58. The summed E-state index contributed by atoms with van der Waals surface area (Å²) in [5.74, 6) is 0. The zero-order chi connectivity index (χ0) is 24.8. The Bertz CT molecular complexity index is 1330. The lowest BCUT2D eigenvalue weighted by atomic mass is 9.86. The Balaban J connectivity index is 1.68. The number of benzene rings is 2. The Labute approximate surface area is 204 Å². The molecule has 0 bridgehead atoms. The van der Waals surface area contributed by atoms with Crippen molar-refractivity contribution in [3.05, 3.63) is 64.4 Å². The lowest BCUT2D eigenvalue weighted by molar-refractivity contribution is -0.137. The summed E-state index contributed by atoms with van der Waals surface area (Å²) in [5.41, 5.74) is 2.69. The number of anilines is 1. The van der Waals surface area contributed by atoms with Gasteiger partial charge in [-0.1, -0.05) is 24.3 Å². The summed E-state index contributed by atoms with van der Waals surface area (Å²) < 4.78 is 76.1. The number of ether oxygens (including phenoxy) is 1. The molecule has 0 radical (unpaired) electrons. The number of alkyl halides is 3. The summed E-state index contributed by atoms with van der Waals surface area (Å²) >= 11 is 1.08. The Morgan fingerprint density at radius 1 is 1.09 bits per heavy atom. The molecule has 1 saturated heterocycles. The Morgan fingerprint density at radius 2 is 1.86 bits per heavy atom. The predicted octanol–water partition coefficient (Wildman–Crippen LogP) is 3.21. The van der Waals surface area contributed by atoms with Crippen molar-refractivity contribution in [2.75, 3.05) is 37.7 Å². The SMILES string of the molecule is NS(=O)(=O)N1CCc2c(-c3ccc(C(F)(F)F)cc3N3CCOCC3)cccc2C1c1ncns1. The van der Waals surface area contributed by atoms with Gasteiger partial charge < -0.3 is 9.64 Å². The van der Waals surface area contributed by atoms with Crippen LogP contribution in [0.15, 0.2) is 42.7 Å². The highest BCUT2D eigenvalue weighted by Gasteiger charge is 2.38. The number of hydrogen-bond donors (Lipinski definition) is 1. The van der Waals surface area contributed by atoms with Gasteiger partial charge in [0.2, 0.25) is 0 Å². The molecule has 1 fully saturated rings. The topological polar surface area (TPSA) is 102 Å². The molecule has 0 aliphatic carbocycles. The quantitative estimate of drug-likeness (QED) is 0.562. The van der Waals surface area contributed by atoms with Crippen LogP contribution in [0.25, 0.3) is 11.1 Å². The molecule has 1 atom stereocenters. The molecule has 1 aromatic heterocycles. The average molecular weight is 526 g/mol. The van der Waals surface area contributed by atoms with E-state index in [1.165, 1.54) is 22.8 Å². The van der Waals surface area contributed by atoms with Gasteiger partial charge in [0.15, 0.2) is 0 Å². The van der Waals surface area contributed by atoms with E-state index in [4.69, 9.17) is 9.88 Å². The number of hydrogen-bond acceptors (Lipinski definition) is 7. The molecule has 2 aliphatic rings. The van der Waals surface area contributed by atoms with E-state index in [0.29, 0.717) is 54.5 Å². The molecule has 8 nitrogen and oxygen atoms in total.